The quantitative estimate of drug-likeness (QED) is 0.642. The van der Waals surface area contributed by atoms with E-state index in [0.717, 1.165) is 22.0 Å². The van der Waals surface area contributed by atoms with Crippen LogP contribution in [0.2, 0.25) is 0 Å². The van der Waals surface area contributed by atoms with Gasteiger partial charge in [-0.15, -0.1) is 5.11 Å². The van der Waals surface area contributed by atoms with Crippen molar-refractivity contribution in [3.8, 4) is 17.0 Å². The molecule has 0 aliphatic carbocycles. The summed E-state index contributed by atoms with van der Waals surface area (Å²) in [4.78, 5) is 6.86. The molecule has 3 N–H and O–H groups in total. The highest BCUT2D eigenvalue weighted by atomic mass is 16.3. The van der Waals surface area contributed by atoms with Crippen molar-refractivity contribution in [3.05, 3.63) is 42.7 Å². The second-order valence-electron chi connectivity index (χ2n) is 4.51. The molecule has 6 heteroatoms. The number of aromatic amines is 1. The predicted molar refractivity (Wildman–Crippen MR) is 79.7 cm³/mol. The number of aromatic nitrogens is 2. The van der Waals surface area contributed by atoms with Gasteiger partial charge in [0.25, 0.3) is 0 Å². The first-order chi connectivity index (χ1) is 10.3. The third kappa shape index (κ3) is 2.61. The first-order valence-corrected chi connectivity index (χ1v) is 6.53. The number of nitrogens with one attached hydrogen (secondary N) is 1. The smallest absolute Gasteiger partial charge is 0.218 e. The molecule has 3 rings (SSSR count). The van der Waals surface area contributed by atoms with Crippen LogP contribution in [0.15, 0.2) is 53.0 Å². The fourth-order valence-corrected chi connectivity index (χ4v) is 2.15. The van der Waals surface area contributed by atoms with Gasteiger partial charge in [0.1, 0.15) is 0 Å². The molecule has 0 saturated carbocycles. The summed E-state index contributed by atoms with van der Waals surface area (Å²) in [6, 6.07) is 9.62. The minimum Gasteiger partial charge on any atom is -0.493 e. The lowest BCUT2D eigenvalue weighted by molar-refractivity contribution is 0.304. The standard InChI is InChI=1S/C15H14N4O2/c20-8-7-17-19-14-12-9-11(10-3-5-16-6-4-10)1-2-13(12)18-15(14)21/h1-6,9,18,20-21H,7-8H2. The number of benzene rings is 1. The third-order valence-electron chi connectivity index (χ3n) is 3.14. The molecule has 2 heterocycles. The van der Waals surface area contributed by atoms with E-state index in [4.69, 9.17) is 5.11 Å². The van der Waals surface area contributed by atoms with Crippen LogP contribution in [0.3, 0.4) is 0 Å². The van der Waals surface area contributed by atoms with E-state index in [9.17, 15) is 5.11 Å². The molecule has 0 radical (unpaired) electrons. The Morgan fingerprint density at radius 2 is 1.90 bits per heavy atom. The summed E-state index contributed by atoms with van der Waals surface area (Å²) in [6.07, 6.45) is 3.46. The van der Waals surface area contributed by atoms with E-state index in [2.05, 4.69) is 20.2 Å². The lowest BCUT2D eigenvalue weighted by Gasteiger charge is -2.01. The molecule has 0 fully saturated rings. The number of H-pyrrole nitrogens is 1. The molecule has 0 amide bonds. The van der Waals surface area contributed by atoms with Gasteiger partial charge in [-0.05, 0) is 35.4 Å². The predicted octanol–water partition coefficient (Wildman–Crippen LogP) is 3.01. The fraction of sp³-hybridized carbons (Fsp3) is 0.133. The Hall–Kier alpha value is -2.73. The Labute approximate surface area is 120 Å². The summed E-state index contributed by atoms with van der Waals surface area (Å²) < 4.78 is 0. The Morgan fingerprint density at radius 3 is 2.67 bits per heavy atom. The molecule has 2 aromatic heterocycles. The highest BCUT2D eigenvalue weighted by molar-refractivity contribution is 5.96. The van der Waals surface area contributed by atoms with Crippen LogP contribution >= 0.6 is 0 Å². The van der Waals surface area contributed by atoms with Crippen LogP contribution in [0, 0.1) is 0 Å². The number of aliphatic hydroxyl groups is 1. The zero-order valence-electron chi connectivity index (χ0n) is 11.2. The minimum absolute atomic E-state index is 0.0291. The van der Waals surface area contributed by atoms with Gasteiger partial charge in [-0.2, -0.15) is 5.11 Å². The van der Waals surface area contributed by atoms with Crippen LogP contribution in [0.1, 0.15) is 0 Å². The summed E-state index contributed by atoms with van der Waals surface area (Å²) in [5.74, 6) is -0.0291. The number of aliphatic hydroxyl groups excluding tert-OH is 1. The monoisotopic (exact) mass is 282 g/mol. The average molecular weight is 282 g/mol. The highest BCUT2D eigenvalue weighted by Crippen LogP contribution is 2.37. The largest absolute Gasteiger partial charge is 0.493 e. The summed E-state index contributed by atoms with van der Waals surface area (Å²) >= 11 is 0. The van der Waals surface area contributed by atoms with Crippen LogP contribution in [0.4, 0.5) is 5.69 Å². The molecule has 0 aliphatic heterocycles. The first-order valence-electron chi connectivity index (χ1n) is 6.53. The van der Waals surface area contributed by atoms with Gasteiger partial charge in [0.05, 0.1) is 18.7 Å². The number of hydrogen-bond acceptors (Lipinski definition) is 5. The van der Waals surface area contributed by atoms with Crippen molar-refractivity contribution in [2.45, 2.75) is 0 Å². The molecule has 3 aromatic rings. The van der Waals surface area contributed by atoms with E-state index in [1.165, 1.54) is 0 Å². The molecular weight excluding hydrogens is 268 g/mol. The molecule has 1 aromatic carbocycles. The van der Waals surface area contributed by atoms with E-state index in [0.29, 0.717) is 5.69 Å². The maximum atomic E-state index is 9.91. The molecule has 0 spiro atoms. The molecule has 0 unspecified atom stereocenters. The van der Waals surface area contributed by atoms with Crippen molar-refractivity contribution in [1.82, 2.24) is 9.97 Å². The molecule has 0 saturated heterocycles. The highest BCUT2D eigenvalue weighted by Gasteiger charge is 2.11. The van der Waals surface area contributed by atoms with Crippen molar-refractivity contribution in [1.29, 1.82) is 0 Å². The Morgan fingerprint density at radius 1 is 1.10 bits per heavy atom. The Kier molecular flexibility index (Phi) is 3.61. The van der Waals surface area contributed by atoms with Crippen molar-refractivity contribution in [2.75, 3.05) is 13.2 Å². The number of fused-ring (bicyclic) bond motifs is 1. The number of pyridine rings is 1. The van der Waals surface area contributed by atoms with Crippen LogP contribution in [-0.4, -0.2) is 33.3 Å². The maximum Gasteiger partial charge on any atom is 0.218 e. The second kappa shape index (κ2) is 5.72. The van der Waals surface area contributed by atoms with Crippen LogP contribution in [0.25, 0.3) is 22.0 Å². The molecule has 106 valence electrons. The van der Waals surface area contributed by atoms with Crippen molar-refractivity contribution in [2.24, 2.45) is 10.2 Å². The van der Waals surface area contributed by atoms with E-state index < -0.39 is 0 Å². The van der Waals surface area contributed by atoms with Gasteiger partial charge in [0, 0.05) is 17.8 Å². The zero-order chi connectivity index (χ0) is 14.7. The van der Waals surface area contributed by atoms with Crippen molar-refractivity contribution < 1.29 is 10.2 Å². The number of azo groups is 1. The van der Waals surface area contributed by atoms with E-state index in [-0.39, 0.29) is 19.0 Å². The lowest BCUT2D eigenvalue weighted by atomic mass is 10.1. The van der Waals surface area contributed by atoms with E-state index in [1.807, 2.05) is 30.3 Å². The average Bonchev–Trinajstić information content (AvgIpc) is 2.84. The second-order valence-corrected chi connectivity index (χ2v) is 4.51. The van der Waals surface area contributed by atoms with Crippen molar-refractivity contribution in [3.63, 3.8) is 0 Å². The Bertz CT molecular complexity index is 781. The third-order valence-corrected chi connectivity index (χ3v) is 3.14. The normalized spacial score (nSPS) is 11.5. The zero-order valence-corrected chi connectivity index (χ0v) is 11.2. The maximum absolute atomic E-state index is 9.91. The number of rotatable bonds is 4. The van der Waals surface area contributed by atoms with E-state index >= 15 is 0 Å². The van der Waals surface area contributed by atoms with Gasteiger partial charge >= 0.3 is 0 Å². The minimum atomic E-state index is -0.0745. The summed E-state index contributed by atoms with van der Waals surface area (Å²) in [6.45, 7) is 0.130. The molecule has 21 heavy (non-hydrogen) atoms. The SMILES string of the molecule is OCCN=Nc1c(O)[nH]c2ccc(-c3ccncc3)cc12. The Balaban J connectivity index is 2.09. The molecule has 0 bridgehead atoms. The van der Waals surface area contributed by atoms with Gasteiger partial charge in [-0.25, -0.2) is 0 Å². The molecular formula is C15H14N4O2. The van der Waals surface area contributed by atoms with Crippen molar-refractivity contribution >= 4 is 16.6 Å². The molecule has 6 nitrogen and oxygen atoms in total. The fourth-order valence-electron chi connectivity index (χ4n) is 2.15. The topological polar surface area (TPSA) is 93.9 Å². The first kappa shape index (κ1) is 13.3. The van der Waals surface area contributed by atoms with Crippen LogP contribution in [-0.2, 0) is 0 Å². The van der Waals surface area contributed by atoms with Gasteiger partial charge in [0.15, 0.2) is 5.69 Å². The van der Waals surface area contributed by atoms with Gasteiger partial charge in [0.2, 0.25) is 5.88 Å². The summed E-state index contributed by atoms with van der Waals surface area (Å²) in [5, 5.41) is 27.3. The number of aromatic hydroxyl groups is 1. The molecule has 0 atom stereocenters. The van der Waals surface area contributed by atoms with Gasteiger partial charge < -0.3 is 15.2 Å². The summed E-state index contributed by atoms with van der Waals surface area (Å²) in [5.41, 5.74) is 3.20. The lowest BCUT2D eigenvalue weighted by Crippen LogP contribution is -1.84. The number of nitrogens with zero attached hydrogens (tertiary/aromatic N) is 3. The van der Waals surface area contributed by atoms with Gasteiger partial charge in [-0.3, -0.25) is 4.98 Å². The molecule has 0 aliphatic rings. The van der Waals surface area contributed by atoms with Gasteiger partial charge in [-0.1, -0.05) is 6.07 Å². The van der Waals surface area contributed by atoms with Crippen LogP contribution < -0.4 is 0 Å². The van der Waals surface area contributed by atoms with E-state index in [1.54, 1.807) is 12.4 Å². The van der Waals surface area contributed by atoms with Crippen LogP contribution in [0.5, 0.6) is 5.88 Å². The number of hydrogen-bond donors (Lipinski definition) is 3. The summed E-state index contributed by atoms with van der Waals surface area (Å²) in [7, 11) is 0.